The second kappa shape index (κ2) is 6.12. The van der Waals surface area contributed by atoms with Gasteiger partial charge in [-0.25, -0.2) is 0 Å². The van der Waals surface area contributed by atoms with Gasteiger partial charge in [0.2, 0.25) is 5.91 Å². The normalized spacial score (nSPS) is 16.6. The van der Waals surface area contributed by atoms with E-state index in [-0.39, 0.29) is 15.8 Å². The zero-order valence-corrected chi connectivity index (χ0v) is 11.6. The van der Waals surface area contributed by atoms with E-state index in [1.165, 1.54) is 0 Å². The van der Waals surface area contributed by atoms with Gasteiger partial charge in [0.15, 0.2) is 0 Å². The topological polar surface area (TPSA) is 75.5 Å². The fraction of sp³-hybridized carbons (Fsp3) is 0.583. The van der Waals surface area contributed by atoms with Gasteiger partial charge in [-0.05, 0) is 18.4 Å². The molecular weight excluding hydrogens is 266 g/mol. The van der Waals surface area contributed by atoms with Crippen LogP contribution in [0.25, 0.3) is 0 Å². The van der Waals surface area contributed by atoms with Crippen molar-refractivity contribution in [3.05, 3.63) is 27.1 Å². The van der Waals surface area contributed by atoms with Crippen molar-refractivity contribution in [1.29, 1.82) is 0 Å². The molecule has 7 heteroatoms. The second-order valence-electron chi connectivity index (χ2n) is 4.71. The Kier molecular flexibility index (Phi) is 4.49. The van der Waals surface area contributed by atoms with Gasteiger partial charge in [-0.15, -0.1) is 0 Å². The lowest BCUT2D eigenvalue weighted by Crippen LogP contribution is -2.43. The molecule has 6 nitrogen and oxygen atoms in total. The molecule has 0 spiro atoms. The monoisotopic (exact) mass is 283 g/mol. The number of nitro groups is 1. The molecule has 104 valence electrons. The van der Waals surface area contributed by atoms with Crippen molar-refractivity contribution in [3.63, 3.8) is 0 Å². The third-order valence-corrected chi connectivity index (χ3v) is 4.28. The summed E-state index contributed by atoms with van der Waals surface area (Å²) in [6.45, 7) is 3.82. The second-order valence-corrected chi connectivity index (χ2v) is 5.60. The maximum absolute atomic E-state index is 11.2. The Morgan fingerprint density at radius 1 is 1.58 bits per heavy atom. The minimum absolute atomic E-state index is 0.131. The molecule has 0 aliphatic carbocycles. The number of carbonyl (C=O) groups is 1. The maximum atomic E-state index is 11.2. The summed E-state index contributed by atoms with van der Waals surface area (Å²) in [4.78, 5) is 23.3. The quantitative estimate of drug-likeness (QED) is 0.675. The summed E-state index contributed by atoms with van der Waals surface area (Å²) in [6, 6.07) is 2.00. The highest BCUT2D eigenvalue weighted by atomic mass is 32.1. The fourth-order valence-electron chi connectivity index (χ4n) is 2.21. The molecule has 0 radical (unpaired) electrons. The highest BCUT2D eigenvalue weighted by Gasteiger charge is 2.20. The van der Waals surface area contributed by atoms with E-state index in [0.717, 1.165) is 42.8 Å². The van der Waals surface area contributed by atoms with Gasteiger partial charge in [-0.3, -0.25) is 14.9 Å². The summed E-state index contributed by atoms with van der Waals surface area (Å²) >= 11 is 1.16. The third kappa shape index (κ3) is 3.74. The van der Waals surface area contributed by atoms with Gasteiger partial charge >= 0.3 is 5.00 Å². The van der Waals surface area contributed by atoms with Gasteiger partial charge in [-0.1, -0.05) is 11.3 Å². The van der Waals surface area contributed by atoms with Crippen LogP contribution in [-0.2, 0) is 11.3 Å². The number of amides is 1. The Morgan fingerprint density at radius 3 is 2.79 bits per heavy atom. The molecule has 0 atom stereocenters. The Morgan fingerprint density at radius 2 is 2.26 bits per heavy atom. The third-order valence-electron chi connectivity index (χ3n) is 3.36. The number of likely N-dealkylation sites (tertiary alicyclic amines) is 1. The molecule has 1 N–H and O–H groups in total. The zero-order valence-electron chi connectivity index (χ0n) is 10.8. The molecule has 1 aliphatic heterocycles. The average Bonchev–Trinajstić information content (AvgIpc) is 2.86. The highest BCUT2D eigenvalue weighted by Crippen LogP contribution is 2.22. The molecule has 1 amide bonds. The fourth-order valence-corrected chi connectivity index (χ4v) is 2.94. The summed E-state index contributed by atoms with van der Waals surface area (Å²) in [7, 11) is 0. The van der Waals surface area contributed by atoms with Crippen molar-refractivity contribution in [1.82, 2.24) is 10.2 Å². The maximum Gasteiger partial charge on any atom is 0.324 e. The number of rotatable bonds is 4. The van der Waals surface area contributed by atoms with Gasteiger partial charge in [0.1, 0.15) is 0 Å². The van der Waals surface area contributed by atoms with E-state index in [2.05, 4.69) is 5.32 Å². The zero-order chi connectivity index (χ0) is 13.8. The van der Waals surface area contributed by atoms with E-state index in [1.54, 1.807) is 13.0 Å². The number of nitrogens with zero attached hydrogens (tertiary/aromatic N) is 2. The molecule has 2 rings (SSSR count). The number of carbonyl (C=O) groups excluding carboxylic acids is 1. The van der Waals surface area contributed by atoms with Gasteiger partial charge < -0.3 is 10.2 Å². The van der Waals surface area contributed by atoms with Crippen LogP contribution in [0.3, 0.4) is 0 Å². The predicted molar refractivity (Wildman–Crippen MR) is 73.1 cm³/mol. The molecule has 1 fully saturated rings. The highest BCUT2D eigenvalue weighted by molar-refractivity contribution is 7.13. The lowest BCUT2D eigenvalue weighted by molar-refractivity contribution is -0.380. The number of nitrogens with one attached hydrogen (secondary N) is 1. The van der Waals surface area contributed by atoms with Gasteiger partial charge in [0, 0.05) is 44.0 Å². The Balaban J connectivity index is 1.77. The Labute approximate surface area is 115 Å². The van der Waals surface area contributed by atoms with E-state index >= 15 is 0 Å². The smallest absolute Gasteiger partial charge is 0.324 e. The first-order chi connectivity index (χ1) is 9.06. The van der Waals surface area contributed by atoms with E-state index in [4.69, 9.17) is 0 Å². The van der Waals surface area contributed by atoms with Gasteiger partial charge in [0.05, 0.1) is 4.92 Å². The van der Waals surface area contributed by atoms with E-state index in [0.29, 0.717) is 12.6 Å². The predicted octanol–water partition coefficient (Wildman–Crippen LogP) is 1.76. The first-order valence-corrected chi connectivity index (χ1v) is 7.15. The van der Waals surface area contributed by atoms with Gasteiger partial charge in [-0.2, -0.15) is 0 Å². The molecule has 1 aliphatic rings. The average molecular weight is 283 g/mol. The summed E-state index contributed by atoms with van der Waals surface area (Å²) in [5.74, 6) is 0.131. The van der Waals surface area contributed by atoms with Crippen LogP contribution >= 0.6 is 11.3 Å². The first kappa shape index (κ1) is 14.0. The summed E-state index contributed by atoms with van der Waals surface area (Å²) in [5.41, 5.74) is 0.950. The van der Waals surface area contributed by atoms with Crippen molar-refractivity contribution in [2.75, 3.05) is 13.1 Å². The summed E-state index contributed by atoms with van der Waals surface area (Å²) < 4.78 is 0. The van der Waals surface area contributed by atoms with Crippen molar-refractivity contribution >= 4 is 22.2 Å². The summed E-state index contributed by atoms with van der Waals surface area (Å²) in [5, 5.41) is 16.0. The van der Waals surface area contributed by atoms with Crippen molar-refractivity contribution in [3.8, 4) is 0 Å². The summed E-state index contributed by atoms with van der Waals surface area (Å²) in [6.07, 6.45) is 1.87. The minimum Gasteiger partial charge on any atom is -0.343 e. The number of piperidine rings is 1. The van der Waals surface area contributed by atoms with Crippen LogP contribution in [0.15, 0.2) is 11.4 Å². The number of hydrogen-bond acceptors (Lipinski definition) is 5. The van der Waals surface area contributed by atoms with Crippen molar-refractivity contribution in [2.45, 2.75) is 32.4 Å². The molecule has 0 unspecified atom stereocenters. The standard InChI is InChI=1S/C12H17N3O3S/c1-9(16)14-4-2-11(3-5-14)13-7-10-6-12(15(17)18)19-8-10/h6,8,11,13H,2-5,7H2,1H3. The van der Waals surface area contributed by atoms with E-state index < -0.39 is 0 Å². The first-order valence-electron chi connectivity index (χ1n) is 6.27. The molecule has 2 heterocycles. The van der Waals surface area contributed by atoms with Crippen LogP contribution < -0.4 is 5.32 Å². The molecule has 0 aromatic carbocycles. The Hall–Kier alpha value is -1.47. The van der Waals surface area contributed by atoms with Crippen LogP contribution in [0.5, 0.6) is 0 Å². The van der Waals surface area contributed by atoms with Crippen LogP contribution in [0.2, 0.25) is 0 Å². The SMILES string of the molecule is CC(=O)N1CCC(NCc2csc([N+](=O)[O-])c2)CC1. The van der Waals surface area contributed by atoms with Crippen LogP contribution in [-0.4, -0.2) is 34.9 Å². The minimum atomic E-state index is -0.362. The molecule has 0 saturated carbocycles. The number of hydrogen-bond donors (Lipinski definition) is 1. The molecule has 1 aromatic rings. The van der Waals surface area contributed by atoms with E-state index in [1.807, 2.05) is 10.3 Å². The molecule has 0 bridgehead atoms. The molecule has 19 heavy (non-hydrogen) atoms. The lowest BCUT2D eigenvalue weighted by atomic mass is 10.0. The van der Waals surface area contributed by atoms with Crippen LogP contribution in [0.1, 0.15) is 25.3 Å². The van der Waals surface area contributed by atoms with Crippen molar-refractivity contribution < 1.29 is 9.72 Å². The van der Waals surface area contributed by atoms with Crippen LogP contribution in [0.4, 0.5) is 5.00 Å². The largest absolute Gasteiger partial charge is 0.343 e. The lowest BCUT2D eigenvalue weighted by Gasteiger charge is -2.31. The van der Waals surface area contributed by atoms with E-state index in [9.17, 15) is 14.9 Å². The van der Waals surface area contributed by atoms with Gasteiger partial charge in [0.25, 0.3) is 0 Å². The molecule has 1 aromatic heterocycles. The van der Waals surface area contributed by atoms with Crippen LogP contribution in [0, 0.1) is 10.1 Å². The number of thiophene rings is 1. The van der Waals surface area contributed by atoms with Crippen molar-refractivity contribution in [2.24, 2.45) is 0 Å². The molecule has 1 saturated heterocycles. The molecular formula is C12H17N3O3S. The Bertz CT molecular complexity index is 467.